The Labute approximate surface area is 268 Å². The number of aromatic nitrogens is 3. The Kier molecular flexibility index (Phi) is 5.85. The summed E-state index contributed by atoms with van der Waals surface area (Å²) < 4.78 is 2.36. The molecule has 0 spiro atoms. The van der Waals surface area contributed by atoms with Crippen LogP contribution in [0.25, 0.3) is 72.5 Å². The topological polar surface area (TPSA) is 30.7 Å². The molecule has 0 saturated heterocycles. The molecule has 3 heteroatoms. The molecule has 0 atom stereocenters. The molecule has 1 aliphatic carbocycles. The fraction of sp³-hybridized carbons (Fsp3) is 0.0698. The van der Waals surface area contributed by atoms with Crippen molar-refractivity contribution in [3.8, 4) is 50.7 Å². The van der Waals surface area contributed by atoms with Gasteiger partial charge in [-0.3, -0.25) is 0 Å². The van der Waals surface area contributed by atoms with Crippen LogP contribution < -0.4 is 0 Å². The molecule has 8 aromatic rings. The Morgan fingerprint density at radius 3 is 1.83 bits per heavy atom. The molecule has 3 nitrogen and oxygen atoms in total. The Morgan fingerprint density at radius 1 is 0.457 bits per heavy atom. The monoisotopic (exact) mass is 589 g/mol. The first-order valence-corrected chi connectivity index (χ1v) is 15.8. The normalized spacial score (nSPS) is 13.2. The van der Waals surface area contributed by atoms with E-state index in [0.717, 1.165) is 39.6 Å². The summed E-state index contributed by atoms with van der Waals surface area (Å²) >= 11 is 0. The third-order valence-electron chi connectivity index (χ3n) is 9.62. The number of nitrogens with zero attached hydrogens (tertiary/aromatic N) is 3. The van der Waals surface area contributed by atoms with Crippen molar-refractivity contribution in [3.63, 3.8) is 0 Å². The minimum atomic E-state index is -0.0988. The number of benzene rings is 6. The smallest absolute Gasteiger partial charge is 0.160 e. The molecular weight excluding hydrogens is 558 g/mol. The highest BCUT2D eigenvalue weighted by Gasteiger charge is 2.35. The highest BCUT2D eigenvalue weighted by molar-refractivity contribution is 6.09. The van der Waals surface area contributed by atoms with E-state index in [0.29, 0.717) is 0 Å². The predicted molar refractivity (Wildman–Crippen MR) is 190 cm³/mol. The van der Waals surface area contributed by atoms with Gasteiger partial charge in [0.2, 0.25) is 0 Å². The summed E-state index contributed by atoms with van der Waals surface area (Å²) in [6.07, 6.45) is 0. The maximum absolute atomic E-state index is 5.25. The van der Waals surface area contributed by atoms with E-state index in [1.54, 1.807) is 0 Å². The summed E-state index contributed by atoms with van der Waals surface area (Å²) in [6, 6.07) is 54.0. The van der Waals surface area contributed by atoms with Crippen LogP contribution in [0.4, 0.5) is 0 Å². The van der Waals surface area contributed by atoms with Crippen LogP contribution in [0.5, 0.6) is 0 Å². The molecule has 1 aliphatic rings. The van der Waals surface area contributed by atoms with Crippen LogP contribution in [-0.4, -0.2) is 14.5 Å². The van der Waals surface area contributed by atoms with Crippen LogP contribution in [0.15, 0.2) is 152 Å². The quantitative estimate of drug-likeness (QED) is 0.204. The van der Waals surface area contributed by atoms with Gasteiger partial charge in [-0.1, -0.05) is 129 Å². The summed E-state index contributed by atoms with van der Waals surface area (Å²) in [6.45, 7) is 4.63. The molecule has 218 valence electrons. The van der Waals surface area contributed by atoms with Gasteiger partial charge in [-0.25, -0.2) is 9.97 Å². The minimum Gasteiger partial charge on any atom is -0.309 e. The second-order valence-electron chi connectivity index (χ2n) is 12.7. The fourth-order valence-electron chi connectivity index (χ4n) is 7.33. The van der Waals surface area contributed by atoms with Gasteiger partial charge in [0.1, 0.15) is 0 Å². The minimum absolute atomic E-state index is 0.0988. The van der Waals surface area contributed by atoms with Crippen molar-refractivity contribution in [3.05, 3.63) is 163 Å². The lowest BCUT2D eigenvalue weighted by atomic mass is 9.82. The number of hydrogen-bond donors (Lipinski definition) is 0. The lowest BCUT2D eigenvalue weighted by molar-refractivity contribution is 0.660. The largest absolute Gasteiger partial charge is 0.309 e. The highest BCUT2D eigenvalue weighted by Crippen LogP contribution is 2.49. The molecule has 0 N–H and O–H groups in total. The first-order valence-electron chi connectivity index (χ1n) is 15.8. The van der Waals surface area contributed by atoms with Gasteiger partial charge in [-0.05, 0) is 58.7 Å². The van der Waals surface area contributed by atoms with Crippen LogP contribution in [0.2, 0.25) is 0 Å². The van der Waals surface area contributed by atoms with Crippen LogP contribution in [0, 0.1) is 0 Å². The number of para-hydroxylation sites is 2. The molecule has 0 unspecified atom stereocenters. The molecular formula is C43H31N3. The third kappa shape index (κ3) is 4.05. The van der Waals surface area contributed by atoms with Gasteiger partial charge in [0, 0.05) is 38.6 Å². The molecule has 0 bridgehead atoms. The van der Waals surface area contributed by atoms with Gasteiger partial charge in [0.25, 0.3) is 0 Å². The zero-order chi connectivity index (χ0) is 30.8. The van der Waals surface area contributed by atoms with Crippen molar-refractivity contribution in [2.24, 2.45) is 0 Å². The van der Waals surface area contributed by atoms with Crippen LogP contribution in [0.1, 0.15) is 25.0 Å². The van der Waals surface area contributed by atoms with Crippen LogP contribution in [-0.2, 0) is 5.41 Å². The van der Waals surface area contributed by atoms with Crippen molar-refractivity contribution >= 4 is 21.8 Å². The van der Waals surface area contributed by atoms with Crippen molar-refractivity contribution in [1.29, 1.82) is 0 Å². The summed E-state index contributed by atoms with van der Waals surface area (Å²) in [7, 11) is 0. The first-order chi connectivity index (χ1) is 22.6. The molecule has 46 heavy (non-hydrogen) atoms. The van der Waals surface area contributed by atoms with Gasteiger partial charge < -0.3 is 4.57 Å². The third-order valence-corrected chi connectivity index (χ3v) is 9.62. The number of rotatable bonds is 4. The Hall–Kier alpha value is -5.80. The number of fused-ring (bicyclic) bond motifs is 6. The van der Waals surface area contributed by atoms with Gasteiger partial charge in [0.15, 0.2) is 5.82 Å². The molecule has 0 aliphatic heterocycles. The van der Waals surface area contributed by atoms with Crippen molar-refractivity contribution < 1.29 is 0 Å². The Morgan fingerprint density at radius 2 is 1.07 bits per heavy atom. The van der Waals surface area contributed by atoms with Crippen LogP contribution >= 0.6 is 0 Å². The highest BCUT2D eigenvalue weighted by atomic mass is 15.0. The SMILES string of the molecule is CC1(C)c2ccccc2-c2ccc(-c3nc(-c4ccccc4)cc(-c4cccc(-n5c6ccccc6c6ccccc65)c4)n3)cc21. The lowest BCUT2D eigenvalue weighted by Gasteiger charge is -2.21. The molecule has 0 radical (unpaired) electrons. The Bertz CT molecular complexity index is 2400. The Balaban J connectivity index is 1.22. The fourth-order valence-corrected chi connectivity index (χ4v) is 7.33. The molecule has 0 fully saturated rings. The van der Waals surface area contributed by atoms with E-state index < -0.39 is 0 Å². The van der Waals surface area contributed by atoms with Gasteiger partial charge in [-0.2, -0.15) is 0 Å². The van der Waals surface area contributed by atoms with E-state index in [-0.39, 0.29) is 5.41 Å². The standard InChI is InChI=1S/C43H31N3/c1-43(2)36-20-9-6-17-32(36)33-24-23-30(26-37(33)43)42-44-38(28-13-4-3-5-14-28)27-39(45-42)29-15-12-16-31(25-29)46-40-21-10-7-18-34(40)35-19-8-11-22-41(35)46/h3-27H,1-2H3. The van der Waals surface area contributed by atoms with Gasteiger partial charge in [-0.15, -0.1) is 0 Å². The molecule has 6 aromatic carbocycles. The maximum atomic E-state index is 5.25. The van der Waals surface area contributed by atoms with Crippen LogP contribution in [0.3, 0.4) is 0 Å². The zero-order valence-electron chi connectivity index (χ0n) is 25.8. The second kappa shape index (κ2) is 10.1. The van der Waals surface area contributed by atoms with E-state index >= 15 is 0 Å². The van der Waals surface area contributed by atoms with Crippen molar-refractivity contribution in [1.82, 2.24) is 14.5 Å². The summed E-state index contributed by atoms with van der Waals surface area (Å²) in [4.78, 5) is 10.4. The van der Waals surface area contributed by atoms with E-state index in [9.17, 15) is 0 Å². The molecule has 0 saturated carbocycles. The summed E-state index contributed by atoms with van der Waals surface area (Å²) in [5.41, 5.74) is 13.6. The van der Waals surface area contributed by atoms with Gasteiger partial charge in [0.05, 0.1) is 22.4 Å². The predicted octanol–water partition coefficient (Wildman–Crippen LogP) is 10.9. The zero-order valence-corrected chi connectivity index (χ0v) is 25.8. The maximum Gasteiger partial charge on any atom is 0.160 e. The van der Waals surface area contributed by atoms with Crippen molar-refractivity contribution in [2.75, 3.05) is 0 Å². The van der Waals surface area contributed by atoms with Crippen molar-refractivity contribution in [2.45, 2.75) is 19.3 Å². The first kappa shape index (κ1) is 26.6. The average molecular weight is 590 g/mol. The summed E-state index contributed by atoms with van der Waals surface area (Å²) in [5, 5.41) is 2.50. The second-order valence-corrected chi connectivity index (χ2v) is 12.7. The van der Waals surface area contributed by atoms with E-state index in [4.69, 9.17) is 9.97 Å². The molecule has 2 aromatic heterocycles. The molecule has 9 rings (SSSR count). The van der Waals surface area contributed by atoms with Gasteiger partial charge >= 0.3 is 0 Å². The van der Waals surface area contributed by atoms with E-state index in [2.05, 4.69) is 164 Å². The average Bonchev–Trinajstić information content (AvgIpc) is 3.57. The molecule has 0 amide bonds. The van der Waals surface area contributed by atoms with E-state index in [1.807, 2.05) is 6.07 Å². The summed E-state index contributed by atoms with van der Waals surface area (Å²) in [5.74, 6) is 0.730. The molecule has 2 heterocycles. The van der Waals surface area contributed by atoms with E-state index in [1.165, 1.54) is 44.1 Å². The number of hydrogen-bond acceptors (Lipinski definition) is 2. The lowest BCUT2D eigenvalue weighted by Crippen LogP contribution is -2.15.